The lowest BCUT2D eigenvalue weighted by atomic mass is 9.94. The van der Waals surface area contributed by atoms with Crippen LogP contribution < -0.4 is 18.9 Å². The van der Waals surface area contributed by atoms with Crippen molar-refractivity contribution in [2.45, 2.75) is 32.5 Å². The Morgan fingerprint density at radius 2 is 1.50 bits per heavy atom. The van der Waals surface area contributed by atoms with E-state index in [2.05, 4.69) is 0 Å². The molecule has 0 aliphatic carbocycles. The van der Waals surface area contributed by atoms with E-state index >= 15 is 0 Å². The van der Waals surface area contributed by atoms with E-state index in [-0.39, 0.29) is 29.5 Å². The number of nitrogens with zero attached hydrogens (tertiary/aromatic N) is 1. The first kappa shape index (κ1) is 26.6. The second-order valence-electron chi connectivity index (χ2n) is 9.06. The molecule has 4 rings (SSSR count). The number of methoxy groups -OCH3 is 3. The second-order valence-corrected chi connectivity index (χ2v) is 9.06. The first-order valence-corrected chi connectivity index (χ1v) is 12.2. The SMILES string of the molecule is COc1cccc(C2/C(=C(\O)c3c(OC)cccc3OC)C(=O)C(=O)N2Cc2cccc(OC(C)C)c2)c1. The van der Waals surface area contributed by atoms with Crippen LogP contribution in [0.1, 0.15) is 36.6 Å². The maximum atomic E-state index is 13.5. The van der Waals surface area contributed by atoms with Crippen molar-refractivity contribution in [1.82, 2.24) is 4.90 Å². The molecule has 0 aromatic heterocycles. The minimum atomic E-state index is -0.894. The van der Waals surface area contributed by atoms with Crippen LogP contribution in [0.2, 0.25) is 0 Å². The van der Waals surface area contributed by atoms with Crippen LogP contribution in [0.25, 0.3) is 5.76 Å². The number of carbonyl (C=O) groups is 2. The van der Waals surface area contributed by atoms with Crippen molar-refractivity contribution in [1.29, 1.82) is 0 Å². The van der Waals surface area contributed by atoms with E-state index in [1.165, 1.54) is 26.2 Å². The molecule has 1 atom stereocenters. The van der Waals surface area contributed by atoms with Gasteiger partial charge in [-0.25, -0.2) is 0 Å². The Balaban J connectivity index is 1.90. The van der Waals surface area contributed by atoms with Gasteiger partial charge in [0.2, 0.25) is 0 Å². The number of aliphatic hydroxyl groups excluding tert-OH is 1. The molecule has 0 bridgehead atoms. The first-order chi connectivity index (χ1) is 18.3. The molecule has 0 saturated carbocycles. The summed E-state index contributed by atoms with van der Waals surface area (Å²) in [7, 11) is 4.45. The standard InChI is InChI=1S/C30H31NO7/c1-18(2)38-22-12-6-9-19(15-22)17-31-27(20-10-7-11-21(16-20)35-3)26(29(33)30(31)34)28(32)25-23(36-4)13-8-14-24(25)37-5/h6-16,18,27,32H,17H2,1-5H3/b28-26+. The number of benzene rings is 3. The average molecular weight is 518 g/mol. The van der Waals surface area contributed by atoms with Gasteiger partial charge >= 0.3 is 0 Å². The minimum absolute atomic E-state index is 0.0212. The lowest BCUT2D eigenvalue weighted by Gasteiger charge is -2.26. The average Bonchev–Trinajstić information content (AvgIpc) is 3.17. The van der Waals surface area contributed by atoms with Crippen LogP contribution in [-0.4, -0.2) is 49.1 Å². The maximum Gasteiger partial charge on any atom is 0.295 e. The van der Waals surface area contributed by atoms with E-state index in [0.29, 0.717) is 28.6 Å². The Morgan fingerprint density at radius 1 is 0.868 bits per heavy atom. The number of ether oxygens (including phenoxy) is 4. The van der Waals surface area contributed by atoms with Crippen molar-refractivity contribution in [2.24, 2.45) is 0 Å². The second kappa shape index (κ2) is 11.3. The molecule has 38 heavy (non-hydrogen) atoms. The molecule has 3 aromatic carbocycles. The fourth-order valence-electron chi connectivity index (χ4n) is 4.61. The number of rotatable bonds is 9. The van der Waals surface area contributed by atoms with Gasteiger partial charge in [-0.15, -0.1) is 0 Å². The summed E-state index contributed by atoms with van der Waals surface area (Å²) in [5.74, 6) is -0.112. The molecule has 1 unspecified atom stereocenters. The summed E-state index contributed by atoms with van der Waals surface area (Å²) in [4.78, 5) is 28.4. The predicted octanol–water partition coefficient (Wildman–Crippen LogP) is 5.12. The summed E-state index contributed by atoms with van der Waals surface area (Å²) < 4.78 is 22.1. The summed E-state index contributed by atoms with van der Waals surface area (Å²) >= 11 is 0. The van der Waals surface area contributed by atoms with Gasteiger partial charge in [-0.05, 0) is 61.4 Å². The molecule has 0 spiro atoms. The van der Waals surface area contributed by atoms with E-state index in [9.17, 15) is 14.7 Å². The zero-order valence-corrected chi connectivity index (χ0v) is 22.1. The predicted molar refractivity (Wildman–Crippen MR) is 143 cm³/mol. The molecule has 1 saturated heterocycles. The third-order valence-corrected chi connectivity index (χ3v) is 6.24. The van der Waals surface area contributed by atoms with Crippen LogP contribution in [0.15, 0.2) is 72.3 Å². The third kappa shape index (κ3) is 5.16. The largest absolute Gasteiger partial charge is 0.506 e. The number of likely N-dealkylation sites (tertiary alicyclic amines) is 1. The molecule has 0 radical (unpaired) electrons. The maximum absolute atomic E-state index is 13.5. The first-order valence-electron chi connectivity index (χ1n) is 12.2. The highest BCUT2D eigenvalue weighted by Gasteiger charge is 2.46. The quantitative estimate of drug-likeness (QED) is 0.239. The van der Waals surface area contributed by atoms with Crippen molar-refractivity contribution in [3.8, 4) is 23.0 Å². The Morgan fingerprint density at radius 3 is 2.13 bits per heavy atom. The van der Waals surface area contributed by atoms with Crippen molar-refractivity contribution < 1.29 is 33.6 Å². The van der Waals surface area contributed by atoms with Gasteiger partial charge in [-0.3, -0.25) is 9.59 Å². The highest BCUT2D eigenvalue weighted by molar-refractivity contribution is 6.46. The van der Waals surface area contributed by atoms with Crippen LogP contribution in [-0.2, 0) is 16.1 Å². The summed E-state index contributed by atoms with van der Waals surface area (Å²) in [6, 6.07) is 18.6. The molecular formula is C30H31NO7. The molecular weight excluding hydrogens is 486 g/mol. The normalized spacial score (nSPS) is 16.6. The van der Waals surface area contributed by atoms with E-state index in [0.717, 1.165) is 5.56 Å². The third-order valence-electron chi connectivity index (χ3n) is 6.24. The number of ketones is 1. The number of amides is 1. The van der Waals surface area contributed by atoms with Gasteiger partial charge in [-0.2, -0.15) is 0 Å². The van der Waals surface area contributed by atoms with Crippen molar-refractivity contribution >= 4 is 17.4 Å². The molecule has 8 nitrogen and oxygen atoms in total. The van der Waals surface area contributed by atoms with Crippen molar-refractivity contribution in [3.63, 3.8) is 0 Å². The van der Waals surface area contributed by atoms with Crippen LogP contribution in [0.4, 0.5) is 0 Å². The molecule has 198 valence electrons. The van der Waals surface area contributed by atoms with Crippen molar-refractivity contribution in [3.05, 3.63) is 89.0 Å². The van der Waals surface area contributed by atoms with E-state index in [1.54, 1.807) is 42.5 Å². The van der Waals surface area contributed by atoms with Gasteiger partial charge in [0, 0.05) is 6.54 Å². The molecule has 1 fully saturated rings. The van der Waals surface area contributed by atoms with Gasteiger partial charge in [0.05, 0.1) is 39.0 Å². The van der Waals surface area contributed by atoms with E-state index < -0.39 is 17.7 Å². The van der Waals surface area contributed by atoms with Gasteiger partial charge in [-0.1, -0.05) is 30.3 Å². The van der Waals surface area contributed by atoms with Crippen LogP contribution >= 0.6 is 0 Å². The van der Waals surface area contributed by atoms with Crippen LogP contribution in [0.5, 0.6) is 23.0 Å². The van der Waals surface area contributed by atoms with E-state index in [1.807, 2.05) is 38.1 Å². The Hall–Kier alpha value is -4.46. The lowest BCUT2D eigenvalue weighted by molar-refractivity contribution is -0.140. The van der Waals surface area contributed by atoms with E-state index in [4.69, 9.17) is 18.9 Å². The zero-order valence-electron chi connectivity index (χ0n) is 22.1. The molecule has 3 aromatic rings. The summed E-state index contributed by atoms with van der Waals surface area (Å²) in [5, 5.41) is 11.6. The Labute approximate surface area is 222 Å². The molecule has 1 heterocycles. The number of Topliss-reactive ketones (excluding diaryl/α,β-unsaturated/α-hetero) is 1. The number of hydrogen-bond donors (Lipinski definition) is 1. The highest BCUT2D eigenvalue weighted by Crippen LogP contribution is 2.44. The number of carbonyl (C=O) groups excluding carboxylic acids is 2. The summed E-state index contributed by atoms with van der Waals surface area (Å²) in [6.07, 6.45) is -0.0212. The number of hydrogen-bond acceptors (Lipinski definition) is 7. The molecule has 1 N–H and O–H groups in total. The fourth-order valence-corrected chi connectivity index (χ4v) is 4.61. The smallest absolute Gasteiger partial charge is 0.295 e. The van der Waals surface area contributed by atoms with Crippen LogP contribution in [0, 0.1) is 0 Å². The zero-order chi connectivity index (χ0) is 27.4. The van der Waals surface area contributed by atoms with Gasteiger partial charge < -0.3 is 29.0 Å². The van der Waals surface area contributed by atoms with Crippen molar-refractivity contribution in [2.75, 3.05) is 21.3 Å². The molecule has 1 amide bonds. The summed E-state index contributed by atoms with van der Waals surface area (Å²) in [6.45, 7) is 3.97. The summed E-state index contributed by atoms with van der Waals surface area (Å²) in [5.41, 5.74) is 1.50. The number of aliphatic hydroxyl groups is 1. The Kier molecular flexibility index (Phi) is 7.90. The monoisotopic (exact) mass is 517 g/mol. The van der Waals surface area contributed by atoms with Crippen LogP contribution in [0.3, 0.4) is 0 Å². The minimum Gasteiger partial charge on any atom is -0.506 e. The lowest BCUT2D eigenvalue weighted by Crippen LogP contribution is -2.29. The Bertz CT molecular complexity index is 1360. The highest BCUT2D eigenvalue weighted by atomic mass is 16.5. The fraction of sp³-hybridized carbons (Fsp3) is 0.267. The topological polar surface area (TPSA) is 94.5 Å². The molecule has 1 aliphatic rings. The molecule has 1 aliphatic heterocycles. The van der Waals surface area contributed by atoms with Gasteiger partial charge in [0.15, 0.2) is 0 Å². The molecule has 8 heteroatoms. The van der Waals surface area contributed by atoms with Gasteiger partial charge in [0.1, 0.15) is 34.3 Å². The van der Waals surface area contributed by atoms with Gasteiger partial charge in [0.25, 0.3) is 11.7 Å².